The van der Waals surface area contributed by atoms with Gasteiger partial charge in [0.25, 0.3) is 0 Å². The fraction of sp³-hybridized carbons (Fsp3) is 0.346. The van der Waals surface area contributed by atoms with Gasteiger partial charge in [-0.2, -0.15) is 5.10 Å². The van der Waals surface area contributed by atoms with Crippen molar-refractivity contribution in [1.29, 1.82) is 0 Å². The third-order valence-electron chi connectivity index (χ3n) is 6.79. The molecule has 4 heterocycles. The number of pyridine rings is 1. The lowest BCUT2D eigenvalue weighted by Gasteiger charge is -2.36. The van der Waals surface area contributed by atoms with Gasteiger partial charge in [0.1, 0.15) is 6.04 Å². The molecule has 32 heavy (non-hydrogen) atoms. The number of aromatic nitrogens is 4. The lowest BCUT2D eigenvalue weighted by molar-refractivity contribution is -0.133. The van der Waals surface area contributed by atoms with Gasteiger partial charge < -0.3 is 9.88 Å². The van der Waals surface area contributed by atoms with Crippen LogP contribution in [0.5, 0.6) is 0 Å². The fourth-order valence-electron chi connectivity index (χ4n) is 5.09. The van der Waals surface area contributed by atoms with Gasteiger partial charge in [0, 0.05) is 48.0 Å². The number of carbonyl (C=O) groups excluding carboxylic acids is 1. The number of hydrogen-bond donors (Lipinski definition) is 1. The smallest absolute Gasteiger partial charge is 0.223 e. The van der Waals surface area contributed by atoms with Crippen molar-refractivity contribution in [3.63, 3.8) is 0 Å². The summed E-state index contributed by atoms with van der Waals surface area (Å²) in [6, 6.07) is 14.3. The van der Waals surface area contributed by atoms with Crippen LogP contribution in [0.1, 0.15) is 52.1 Å². The molecule has 1 N–H and O–H groups in total. The molecule has 0 unspecified atom stereocenters. The van der Waals surface area contributed by atoms with E-state index in [-0.39, 0.29) is 11.9 Å². The largest absolute Gasteiger partial charge is 0.356 e. The molecular formula is C26H29N5O. The zero-order chi connectivity index (χ0) is 22.4. The van der Waals surface area contributed by atoms with Crippen LogP contribution in [0.15, 0.2) is 42.5 Å². The highest BCUT2D eigenvalue weighted by Gasteiger charge is 2.35. The number of H-pyrrole nitrogens is 1. The van der Waals surface area contributed by atoms with Crippen LogP contribution in [0.3, 0.4) is 0 Å². The van der Waals surface area contributed by atoms with Gasteiger partial charge in [-0.15, -0.1) is 0 Å². The molecule has 0 radical (unpaired) electrons. The van der Waals surface area contributed by atoms with Crippen LogP contribution in [0.2, 0.25) is 0 Å². The van der Waals surface area contributed by atoms with Crippen LogP contribution in [0.25, 0.3) is 10.9 Å². The molecule has 164 valence electrons. The number of rotatable bonds is 4. The van der Waals surface area contributed by atoms with E-state index < -0.39 is 0 Å². The van der Waals surface area contributed by atoms with Gasteiger partial charge in [-0.05, 0) is 62.9 Å². The number of aromatic amines is 1. The van der Waals surface area contributed by atoms with Crippen LogP contribution >= 0.6 is 0 Å². The summed E-state index contributed by atoms with van der Waals surface area (Å²) in [7, 11) is 1.95. The number of hydrogen-bond acceptors (Lipinski definition) is 3. The maximum Gasteiger partial charge on any atom is 0.223 e. The van der Waals surface area contributed by atoms with E-state index in [9.17, 15) is 4.79 Å². The third-order valence-corrected chi connectivity index (χ3v) is 6.79. The van der Waals surface area contributed by atoms with Crippen molar-refractivity contribution in [2.75, 3.05) is 6.54 Å². The van der Waals surface area contributed by atoms with Gasteiger partial charge in [-0.3, -0.25) is 14.5 Å². The average Bonchev–Trinajstić information content (AvgIpc) is 3.27. The Hall–Kier alpha value is -3.41. The minimum atomic E-state index is -0.199. The Morgan fingerprint density at radius 3 is 2.69 bits per heavy atom. The van der Waals surface area contributed by atoms with Crippen molar-refractivity contribution in [3.05, 3.63) is 82.1 Å². The van der Waals surface area contributed by atoms with Crippen LogP contribution in [0.4, 0.5) is 0 Å². The first-order chi connectivity index (χ1) is 15.4. The molecule has 0 saturated heterocycles. The standard InChI is InChI=1S/C26H29N5O/c1-16-8-7-11-23(27-16)26-25-21(20-9-5-6-10-22(20)28-25)14-15-31(26)24(32)13-12-19-17(2)29-30(4)18(19)3/h5-11,26,28H,12-15H2,1-4H3/t26-/m1/s1. The Labute approximate surface area is 188 Å². The second-order valence-electron chi connectivity index (χ2n) is 8.78. The summed E-state index contributed by atoms with van der Waals surface area (Å²) in [5.41, 5.74) is 8.70. The van der Waals surface area contributed by atoms with E-state index in [1.54, 1.807) is 0 Å². The van der Waals surface area contributed by atoms with E-state index >= 15 is 0 Å². The second kappa shape index (κ2) is 7.93. The molecule has 0 fully saturated rings. The quantitative estimate of drug-likeness (QED) is 0.527. The van der Waals surface area contributed by atoms with Crippen molar-refractivity contribution >= 4 is 16.8 Å². The molecule has 1 amide bonds. The molecule has 1 atom stereocenters. The van der Waals surface area contributed by atoms with Crippen LogP contribution in [-0.4, -0.2) is 37.1 Å². The number of aryl methyl sites for hydroxylation is 3. The predicted octanol–water partition coefficient (Wildman–Crippen LogP) is 4.33. The topological polar surface area (TPSA) is 66.8 Å². The van der Waals surface area contributed by atoms with Gasteiger partial charge in [0.05, 0.1) is 11.4 Å². The maximum atomic E-state index is 13.6. The van der Waals surface area contributed by atoms with E-state index in [4.69, 9.17) is 4.98 Å². The summed E-state index contributed by atoms with van der Waals surface area (Å²) in [5, 5.41) is 5.75. The first-order valence-electron chi connectivity index (χ1n) is 11.3. The van der Waals surface area contributed by atoms with E-state index in [0.717, 1.165) is 40.4 Å². The summed E-state index contributed by atoms with van der Waals surface area (Å²) in [6.45, 7) is 6.78. The molecule has 5 rings (SSSR count). The zero-order valence-electron chi connectivity index (χ0n) is 19.1. The van der Waals surface area contributed by atoms with Gasteiger partial charge in [-0.1, -0.05) is 24.3 Å². The highest BCUT2D eigenvalue weighted by Crippen LogP contribution is 2.38. The van der Waals surface area contributed by atoms with Crippen LogP contribution < -0.4 is 0 Å². The lowest BCUT2D eigenvalue weighted by Crippen LogP contribution is -2.41. The van der Waals surface area contributed by atoms with Crippen LogP contribution in [-0.2, 0) is 24.7 Å². The van der Waals surface area contributed by atoms with Gasteiger partial charge in [0.2, 0.25) is 5.91 Å². The number of carbonyl (C=O) groups is 1. The van der Waals surface area contributed by atoms with Crippen molar-refractivity contribution in [1.82, 2.24) is 24.6 Å². The summed E-state index contributed by atoms with van der Waals surface area (Å²) < 4.78 is 1.90. The molecule has 4 aromatic rings. The van der Waals surface area contributed by atoms with E-state index in [2.05, 4.69) is 35.2 Å². The highest BCUT2D eigenvalue weighted by atomic mass is 16.2. The van der Waals surface area contributed by atoms with Gasteiger partial charge in [0.15, 0.2) is 0 Å². The average molecular weight is 428 g/mol. The number of amides is 1. The zero-order valence-corrected chi connectivity index (χ0v) is 19.1. The van der Waals surface area contributed by atoms with Gasteiger partial charge >= 0.3 is 0 Å². The Morgan fingerprint density at radius 2 is 1.94 bits per heavy atom. The van der Waals surface area contributed by atoms with E-state index in [1.807, 2.05) is 54.7 Å². The summed E-state index contributed by atoms with van der Waals surface area (Å²) >= 11 is 0. The van der Waals surface area contributed by atoms with E-state index in [1.165, 1.54) is 16.5 Å². The molecule has 0 spiro atoms. The number of benzene rings is 1. The van der Waals surface area contributed by atoms with Crippen molar-refractivity contribution < 1.29 is 4.79 Å². The molecule has 6 heteroatoms. The molecule has 3 aromatic heterocycles. The Kier molecular flexibility index (Phi) is 5.08. The van der Waals surface area contributed by atoms with Crippen LogP contribution in [0, 0.1) is 20.8 Å². The van der Waals surface area contributed by atoms with E-state index in [0.29, 0.717) is 19.4 Å². The Bertz CT molecular complexity index is 1320. The van der Waals surface area contributed by atoms with Gasteiger partial charge in [-0.25, -0.2) is 0 Å². The molecular weight excluding hydrogens is 398 g/mol. The predicted molar refractivity (Wildman–Crippen MR) is 126 cm³/mol. The number of nitrogens with one attached hydrogen (secondary N) is 1. The molecule has 0 saturated carbocycles. The summed E-state index contributed by atoms with van der Waals surface area (Å²) in [5.74, 6) is 0.158. The molecule has 1 aromatic carbocycles. The summed E-state index contributed by atoms with van der Waals surface area (Å²) in [6.07, 6.45) is 2.01. The molecule has 1 aliphatic heterocycles. The third kappa shape index (κ3) is 3.40. The van der Waals surface area contributed by atoms with Crippen molar-refractivity contribution in [3.8, 4) is 0 Å². The number of para-hydroxylation sites is 1. The molecule has 6 nitrogen and oxygen atoms in total. The van der Waals surface area contributed by atoms with Crippen molar-refractivity contribution in [2.45, 2.75) is 46.1 Å². The first-order valence-corrected chi connectivity index (χ1v) is 11.3. The maximum absolute atomic E-state index is 13.6. The molecule has 0 aliphatic carbocycles. The minimum Gasteiger partial charge on any atom is -0.356 e. The molecule has 0 bridgehead atoms. The monoisotopic (exact) mass is 427 g/mol. The summed E-state index contributed by atoms with van der Waals surface area (Å²) in [4.78, 5) is 24.0. The fourth-order valence-corrected chi connectivity index (χ4v) is 5.09. The minimum absolute atomic E-state index is 0.158. The Balaban J connectivity index is 1.51. The molecule has 1 aliphatic rings. The highest BCUT2D eigenvalue weighted by molar-refractivity contribution is 5.86. The normalized spacial score (nSPS) is 15.9. The lowest BCUT2D eigenvalue weighted by atomic mass is 9.94. The second-order valence-corrected chi connectivity index (χ2v) is 8.78. The Morgan fingerprint density at radius 1 is 1.12 bits per heavy atom. The SMILES string of the molecule is Cc1cccc([C@@H]2c3[nH]c4ccccc4c3CCN2C(=O)CCc2c(C)nn(C)c2C)n1. The van der Waals surface area contributed by atoms with Crippen molar-refractivity contribution in [2.24, 2.45) is 7.05 Å². The number of fused-ring (bicyclic) bond motifs is 3. The first kappa shape index (κ1) is 20.5. The number of nitrogens with zero attached hydrogens (tertiary/aromatic N) is 4.